The van der Waals surface area contributed by atoms with Gasteiger partial charge in [-0.15, -0.1) is 3.71 Å². The highest BCUT2D eigenvalue weighted by Crippen LogP contribution is 2.14. The van der Waals surface area contributed by atoms with E-state index in [1.54, 1.807) is 0 Å². The van der Waals surface area contributed by atoms with E-state index >= 15 is 0 Å². The van der Waals surface area contributed by atoms with Crippen molar-refractivity contribution < 1.29 is 21.6 Å². The first kappa shape index (κ1) is 19.2. The third kappa shape index (κ3) is 6.08. The maximum absolute atomic E-state index is 12.0. The summed E-state index contributed by atoms with van der Waals surface area (Å²) >= 11 is 0. The van der Waals surface area contributed by atoms with Crippen molar-refractivity contribution in [2.24, 2.45) is 5.73 Å². The fraction of sp³-hybridized carbons (Fsp3) is 0.909. The standard InChI is InChI=1S/C11H24N2O5S2/c1-3-5-7-9-19(15,16)13(11(12)14)20(17,18)10-8-6-4-2/h3-10H2,1-2H3,(H2,12,14). The maximum atomic E-state index is 12.0. The molecule has 0 aromatic heterocycles. The van der Waals surface area contributed by atoms with Gasteiger partial charge in [0.1, 0.15) is 0 Å². The molecule has 7 nitrogen and oxygen atoms in total. The molecule has 20 heavy (non-hydrogen) atoms. The first-order valence-electron chi connectivity index (χ1n) is 6.74. The lowest BCUT2D eigenvalue weighted by Crippen LogP contribution is -2.46. The normalized spacial score (nSPS) is 12.3. The second kappa shape index (κ2) is 8.46. The fourth-order valence-corrected chi connectivity index (χ4v) is 5.53. The van der Waals surface area contributed by atoms with Crippen molar-refractivity contribution in [3.8, 4) is 0 Å². The number of nitrogens with two attached hydrogens (primary N) is 1. The number of hydrogen-bond donors (Lipinski definition) is 1. The van der Waals surface area contributed by atoms with Crippen molar-refractivity contribution in [2.75, 3.05) is 11.5 Å². The molecule has 0 saturated heterocycles. The number of urea groups is 1. The molecule has 0 bridgehead atoms. The number of carbonyl (C=O) groups is 1. The summed E-state index contributed by atoms with van der Waals surface area (Å²) in [4.78, 5) is 11.2. The highest BCUT2D eigenvalue weighted by atomic mass is 32.3. The van der Waals surface area contributed by atoms with Crippen LogP contribution in [0, 0.1) is 0 Å². The van der Waals surface area contributed by atoms with E-state index in [1.807, 2.05) is 13.8 Å². The molecule has 0 fully saturated rings. The van der Waals surface area contributed by atoms with Crippen LogP contribution in [0.25, 0.3) is 0 Å². The second-order valence-electron chi connectivity index (χ2n) is 4.58. The van der Waals surface area contributed by atoms with Crippen LogP contribution < -0.4 is 5.73 Å². The SMILES string of the molecule is CCCCCS(=O)(=O)N(C(N)=O)S(=O)(=O)CCCCC. The van der Waals surface area contributed by atoms with Crippen LogP contribution in [0.15, 0.2) is 0 Å². The molecule has 2 N–H and O–H groups in total. The zero-order chi connectivity index (χ0) is 15.8. The number of hydrogen-bond acceptors (Lipinski definition) is 5. The molecule has 0 heterocycles. The van der Waals surface area contributed by atoms with Gasteiger partial charge in [0.2, 0.25) is 0 Å². The highest BCUT2D eigenvalue weighted by Gasteiger charge is 2.36. The van der Waals surface area contributed by atoms with Gasteiger partial charge in [-0.25, -0.2) is 21.6 Å². The van der Waals surface area contributed by atoms with E-state index in [1.165, 1.54) is 0 Å². The molecule has 0 atom stereocenters. The molecule has 0 spiro atoms. The van der Waals surface area contributed by atoms with E-state index in [4.69, 9.17) is 5.73 Å². The Morgan fingerprint density at radius 2 is 1.20 bits per heavy atom. The predicted molar refractivity (Wildman–Crippen MR) is 78.0 cm³/mol. The van der Waals surface area contributed by atoms with Crippen LogP contribution >= 0.6 is 0 Å². The van der Waals surface area contributed by atoms with Crippen LogP contribution in [0.1, 0.15) is 52.4 Å². The van der Waals surface area contributed by atoms with Crippen LogP contribution in [0.3, 0.4) is 0 Å². The van der Waals surface area contributed by atoms with Gasteiger partial charge in [-0.05, 0) is 12.8 Å². The molecule has 0 saturated carbocycles. The second-order valence-corrected chi connectivity index (χ2v) is 8.69. The third-order valence-corrected chi connectivity index (χ3v) is 7.04. The first-order valence-corrected chi connectivity index (χ1v) is 9.96. The van der Waals surface area contributed by atoms with E-state index in [2.05, 4.69) is 0 Å². The van der Waals surface area contributed by atoms with Crippen LogP contribution in [0.5, 0.6) is 0 Å². The van der Waals surface area contributed by atoms with Crippen molar-refractivity contribution in [1.29, 1.82) is 0 Å². The summed E-state index contributed by atoms with van der Waals surface area (Å²) in [6.07, 6.45) is 3.45. The summed E-state index contributed by atoms with van der Waals surface area (Å²) in [5.41, 5.74) is 4.95. The van der Waals surface area contributed by atoms with Crippen molar-refractivity contribution in [2.45, 2.75) is 52.4 Å². The van der Waals surface area contributed by atoms with Gasteiger partial charge in [0.25, 0.3) is 20.0 Å². The van der Waals surface area contributed by atoms with Crippen molar-refractivity contribution in [1.82, 2.24) is 3.71 Å². The molecule has 0 aliphatic carbocycles. The Morgan fingerprint density at radius 1 is 0.850 bits per heavy atom. The lowest BCUT2D eigenvalue weighted by molar-refractivity contribution is 0.244. The van der Waals surface area contributed by atoms with Crippen LogP contribution in [-0.4, -0.2) is 38.1 Å². The maximum Gasteiger partial charge on any atom is 0.342 e. The Balaban J connectivity index is 5.09. The minimum atomic E-state index is -4.22. The molecule has 0 rings (SSSR count). The molecule has 0 aliphatic rings. The lowest BCUT2D eigenvalue weighted by atomic mass is 10.3. The van der Waals surface area contributed by atoms with E-state index in [0.29, 0.717) is 25.7 Å². The Kier molecular flexibility index (Phi) is 8.10. The van der Waals surface area contributed by atoms with Crippen molar-refractivity contribution in [3.63, 3.8) is 0 Å². The monoisotopic (exact) mass is 328 g/mol. The minimum Gasteiger partial charge on any atom is -0.350 e. The van der Waals surface area contributed by atoms with Gasteiger partial charge >= 0.3 is 6.03 Å². The van der Waals surface area contributed by atoms with Gasteiger partial charge in [-0.1, -0.05) is 39.5 Å². The van der Waals surface area contributed by atoms with E-state index in [0.717, 1.165) is 12.8 Å². The van der Waals surface area contributed by atoms with Crippen LogP contribution in [-0.2, 0) is 20.0 Å². The highest BCUT2D eigenvalue weighted by molar-refractivity contribution is 8.04. The van der Waals surface area contributed by atoms with Gasteiger partial charge in [0.05, 0.1) is 11.5 Å². The number of rotatable bonds is 10. The fourth-order valence-electron chi connectivity index (χ4n) is 1.68. The Labute approximate surface area is 121 Å². The van der Waals surface area contributed by atoms with Crippen LogP contribution in [0.4, 0.5) is 4.79 Å². The average molecular weight is 328 g/mol. The summed E-state index contributed by atoms with van der Waals surface area (Å²) in [6, 6.07) is -1.46. The summed E-state index contributed by atoms with van der Waals surface area (Å²) in [7, 11) is -8.44. The molecule has 0 unspecified atom stereocenters. The number of unbranched alkanes of at least 4 members (excludes halogenated alkanes) is 4. The molecule has 2 amide bonds. The van der Waals surface area contributed by atoms with Gasteiger partial charge < -0.3 is 5.73 Å². The summed E-state index contributed by atoms with van der Waals surface area (Å²) in [5, 5.41) is 0. The Hall–Kier alpha value is -0.830. The van der Waals surface area contributed by atoms with Gasteiger partial charge in [-0.2, -0.15) is 0 Å². The predicted octanol–water partition coefficient (Wildman–Crippen LogP) is 1.41. The smallest absolute Gasteiger partial charge is 0.342 e. The quantitative estimate of drug-likeness (QED) is 0.609. The number of nitrogens with zero attached hydrogens (tertiary/aromatic N) is 1. The summed E-state index contributed by atoms with van der Waals surface area (Å²) < 4.78 is 47.8. The van der Waals surface area contributed by atoms with Gasteiger partial charge in [0.15, 0.2) is 0 Å². The molecule has 9 heteroatoms. The Bertz CT molecular complexity index is 459. The van der Waals surface area contributed by atoms with Crippen molar-refractivity contribution in [3.05, 3.63) is 0 Å². The average Bonchev–Trinajstić information content (AvgIpc) is 2.27. The largest absolute Gasteiger partial charge is 0.350 e. The van der Waals surface area contributed by atoms with Crippen LogP contribution in [0.2, 0.25) is 0 Å². The molecular formula is C11H24N2O5S2. The summed E-state index contributed by atoms with van der Waals surface area (Å²) in [6.45, 7) is 3.78. The molecular weight excluding hydrogens is 304 g/mol. The van der Waals surface area contributed by atoms with E-state index < -0.39 is 37.6 Å². The number of amides is 2. The van der Waals surface area contributed by atoms with Crippen molar-refractivity contribution >= 4 is 26.1 Å². The first-order chi connectivity index (χ1) is 9.19. The molecule has 0 aliphatic heterocycles. The Morgan fingerprint density at radius 3 is 1.45 bits per heavy atom. The minimum absolute atomic E-state index is 0.134. The zero-order valence-electron chi connectivity index (χ0n) is 12.0. The number of sulfonamides is 2. The van der Waals surface area contributed by atoms with E-state index in [-0.39, 0.29) is 3.71 Å². The van der Waals surface area contributed by atoms with Gasteiger partial charge in [-0.3, -0.25) is 0 Å². The topological polar surface area (TPSA) is 115 Å². The lowest BCUT2D eigenvalue weighted by Gasteiger charge is -2.19. The van der Waals surface area contributed by atoms with Gasteiger partial charge in [0, 0.05) is 0 Å². The molecule has 0 radical (unpaired) electrons. The molecule has 120 valence electrons. The molecule has 0 aromatic rings. The summed E-state index contributed by atoms with van der Waals surface area (Å²) in [5.74, 6) is -0.784. The number of carbonyl (C=O) groups excluding carboxylic acids is 1. The van der Waals surface area contributed by atoms with E-state index in [9.17, 15) is 21.6 Å². The zero-order valence-corrected chi connectivity index (χ0v) is 13.7. The molecule has 0 aromatic carbocycles. The number of primary amides is 1. The third-order valence-electron chi connectivity index (χ3n) is 2.70.